The lowest BCUT2D eigenvalue weighted by Gasteiger charge is -2.13. The van der Waals surface area contributed by atoms with Gasteiger partial charge in [-0.1, -0.05) is 0 Å². The highest BCUT2D eigenvalue weighted by molar-refractivity contribution is 7.99. The van der Waals surface area contributed by atoms with Crippen LogP contribution >= 0.6 is 11.8 Å². The molecular formula is C13H16FNO4S2. The monoisotopic (exact) mass is 333 g/mol. The third-order valence-corrected chi connectivity index (χ3v) is 6.20. The molecule has 1 aromatic rings. The molecule has 21 heavy (non-hydrogen) atoms. The Morgan fingerprint density at radius 2 is 2.24 bits per heavy atom. The molecule has 116 valence electrons. The fourth-order valence-electron chi connectivity index (χ4n) is 2.11. The van der Waals surface area contributed by atoms with Gasteiger partial charge >= 0.3 is 5.97 Å². The number of hydrogen-bond acceptors (Lipinski definition) is 4. The first-order valence-electron chi connectivity index (χ1n) is 6.42. The Balaban J connectivity index is 2.27. The number of carbonyl (C=O) groups is 1. The van der Waals surface area contributed by atoms with Gasteiger partial charge in [0.25, 0.3) is 0 Å². The number of hydrogen-bond donors (Lipinski definition) is 2. The van der Waals surface area contributed by atoms with Gasteiger partial charge in [0, 0.05) is 12.1 Å². The summed E-state index contributed by atoms with van der Waals surface area (Å²) in [5, 5.41) is 8.91. The number of carboxylic acid groups (broad SMARTS) is 1. The number of halogens is 1. The Bertz CT molecular complexity index is 654. The van der Waals surface area contributed by atoms with Crippen molar-refractivity contribution in [2.45, 2.75) is 18.2 Å². The van der Waals surface area contributed by atoms with E-state index in [1.54, 1.807) is 11.8 Å². The molecule has 0 saturated carbocycles. The first-order valence-corrected chi connectivity index (χ1v) is 9.06. The van der Waals surface area contributed by atoms with Gasteiger partial charge in [0.2, 0.25) is 10.0 Å². The molecule has 0 spiro atoms. The molecule has 1 fully saturated rings. The fourth-order valence-corrected chi connectivity index (χ4v) is 4.78. The molecular weight excluding hydrogens is 317 g/mol. The maximum Gasteiger partial charge on any atom is 0.335 e. The molecule has 1 saturated heterocycles. The second-order valence-corrected chi connectivity index (χ2v) is 7.85. The van der Waals surface area contributed by atoms with E-state index in [1.165, 1.54) is 6.92 Å². The van der Waals surface area contributed by atoms with Crippen LogP contribution in [-0.2, 0) is 10.0 Å². The first-order chi connectivity index (χ1) is 9.81. The second-order valence-electron chi connectivity index (χ2n) is 4.97. The Hall–Kier alpha value is -1.12. The quantitative estimate of drug-likeness (QED) is 0.859. The highest BCUT2D eigenvalue weighted by Crippen LogP contribution is 2.24. The summed E-state index contributed by atoms with van der Waals surface area (Å²) in [7, 11) is -3.92. The van der Waals surface area contributed by atoms with Crippen molar-refractivity contribution >= 4 is 27.8 Å². The van der Waals surface area contributed by atoms with Crippen LogP contribution in [0.5, 0.6) is 0 Å². The smallest absolute Gasteiger partial charge is 0.335 e. The molecule has 1 heterocycles. The van der Waals surface area contributed by atoms with E-state index in [9.17, 15) is 17.6 Å². The summed E-state index contributed by atoms with van der Waals surface area (Å²) in [6, 6.07) is 1.82. The Kier molecular flexibility index (Phi) is 4.90. The molecule has 2 N–H and O–H groups in total. The Morgan fingerprint density at radius 3 is 2.81 bits per heavy atom. The van der Waals surface area contributed by atoms with E-state index in [0.29, 0.717) is 0 Å². The first kappa shape index (κ1) is 16.3. The summed E-state index contributed by atoms with van der Waals surface area (Å²) < 4.78 is 40.7. The van der Waals surface area contributed by atoms with Crippen LogP contribution < -0.4 is 4.72 Å². The van der Waals surface area contributed by atoms with Crippen molar-refractivity contribution in [3.05, 3.63) is 29.1 Å². The van der Waals surface area contributed by atoms with Crippen LogP contribution in [0.4, 0.5) is 4.39 Å². The zero-order chi connectivity index (χ0) is 15.6. The maximum absolute atomic E-state index is 13.7. The van der Waals surface area contributed by atoms with Gasteiger partial charge in [-0.3, -0.25) is 0 Å². The maximum atomic E-state index is 13.7. The number of benzene rings is 1. The molecule has 0 radical (unpaired) electrons. The molecule has 0 bridgehead atoms. The van der Waals surface area contributed by atoms with Gasteiger partial charge in [-0.2, -0.15) is 11.8 Å². The summed E-state index contributed by atoms with van der Waals surface area (Å²) >= 11 is 1.77. The summed E-state index contributed by atoms with van der Waals surface area (Å²) in [5.74, 6) is -0.0404. The van der Waals surface area contributed by atoms with Gasteiger partial charge in [-0.25, -0.2) is 22.3 Å². The van der Waals surface area contributed by atoms with Crippen LogP contribution in [0.1, 0.15) is 22.3 Å². The van der Waals surface area contributed by atoms with E-state index in [4.69, 9.17) is 5.11 Å². The number of carboxylic acids is 1. The molecule has 1 aromatic carbocycles. The lowest BCUT2D eigenvalue weighted by Crippen LogP contribution is -2.30. The van der Waals surface area contributed by atoms with E-state index in [1.807, 2.05) is 0 Å². The lowest BCUT2D eigenvalue weighted by atomic mass is 10.1. The molecule has 0 aromatic heterocycles. The summed E-state index contributed by atoms with van der Waals surface area (Å²) in [6.45, 7) is 1.61. The van der Waals surface area contributed by atoms with E-state index in [2.05, 4.69) is 4.72 Å². The predicted molar refractivity (Wildman–Crippen MR) is 78.7 cm³/mol. The summed E-state index contributed by atoms with van der Waals surface area (Å²) in [4.78, 5) is 10.6. The van der Waals surface area contributed by atoms with Crippen LogP contribution in [0.25, 0.3) is 0 Å². The van der Waals surface area contributed by atoms with Crippen molar-refractivity contribution in [3.8, 4) is 0 Å². The van der Waals surface area contributed by atoms with Gasteiger partial charge in [-0.15, -0.1) is 0 Å². The number of thioether (sulfide) groups is 1. The molecule has 0 amide bonds. The fraction of sp³-hybridized carbons (Fsp3) is 0.462. The normalized spacial score (nSPS) is 18.9. The SMILES string of the molecule is Cc1c(F)cc(C(=O)O)cc1S(=O)(=O)NCC1CCSC1. The van der Waals surface area contributed by atoms with Gasteiger partial charge in [0.15, 0.2) is 0 Å². The molecule has 5 nitrogen and oxygen atoms in total. The highest BCUT2D eigenvalue weighted by Gasteiger charge is 2.24. The molecule has 8 heteroatoms. The standard InChI is InChI=1S/C13H16FNO4S2/c1-8-11(14)4-10(13(16)17)5-12(8)21(18,19)15-6-9-2-3-20-7-9/h4-5,9,15H,2-3,6-7H2,1H3,(H,16,17). The van der Waals surface area contributed by atoms with E-state index in [0.717, 1.165) is 30.1 Å². The topological polar surface area (TPSA) is 83.5 Å². The average Bonchev–Trinajstić information content (AvgIpc) is 2.92. The van der Waals surface area contributed by atoms with Crippen LogP contribution in [0.3, 0.4) is 0 Å². The van der Waals surface area contributed by atoms with Crippen molar-refractivity contribution in [1.82, 2.24) is 4.72 Å². The zero-order valence-electron chi connectivity index (χ0n) is 11.4. The van der Waals surface area contributed by atoms with E-state index >= 15 is 0 Å². The summed E-state index contributed by atoms with van der Waals surface area (Å²) in [6.07, 6.45) is 0.940. The molecule has 0 aliphatic carbocycles. The summed E-state index contributed by atoms with van der Waals surface area (Å²) in [5.41, 5.74) is -0.455. The van der Waals surface area contributed by atoms with E-state index in [-0.39, 0.29) is 28.5 Å². The van der Waals surface area contributed by atoms with Crippen molar-refractivity contribution in [3.63, 3.8) is 0 Å². The van der Waals surface area contributed by atoms with E-state index < -0.39 is 21.8 Å². The van der Waals surface area contributed by atoms with Gasteiger partial charge < -0.3 is 5.11 Å². The van der Waals surface area contributed by atoms with Gasteiger partial charge in [0.05, 0.1) is 10.5 Å². The Labute approximate surface area is 127 Å². The number of nitrogens with one attached hydrogen (secondary N) is 1. The van der Waals surface area contributed by atoms with Crippen LogP contribution in [0, 0.1) is 18.7 Å². The average molecular weight is 333 g/mol. The minimum atomic E-state index is -3.92. The van der Waals surface area contributed by atoms with Gasteiger partial charge in [-0.05, 0) is 42.9 Å². The molecule has 1 aliphatic rings. The number of sulfonamides is 1. The van der Waals surface area contributed by atoms with Crippen molar-refractivity contribution in [2.24, 2.45) is 5.92 Å². The number of rotatable bonds is 5. The Morgan fingerprint density at radius 1 is 1.52 bits per heavy atom. The van der Waals surface area contributed by atoms with Crippen molar-refractivity contribution < 1.29 is 22.7 Å². The molecule has 1 unspecified atom stereocenters. The van der Waals surface area contributed by atoms with Crippen molar-refractivity contribution in [1.29, 1.82) is 0 Å². The van der Waals surface area contributed by atoms with Crippen molar-refractivity contribution in [2.75, 3.05) is 18.1 Å². The van der Waals surface area contributed by atoms with Gasteiger partial charge in [0.1, 0.15) is 5.82 Å². The van der Waals surface area contributed by atoms with Crippen LogP contribution in [-0.4, -0.2) is 37.5 Å². The largest absolute Gasteiger partial charge is 0.478 e. The lowest BCUT2D eigenvalue weighted by molar-refractivity contribution is 0.0696. The third kappa shape index (κ3) is 3.75. The van der Waals surface area contributed by atoms with Crippen LogP contribution in [0.2, 0.25) is 0 Å². The number of aromatic carboxylic acids is 1. The zero-order valence-corrected chi connectivity index (χ0v) is 13.1. The third-order valence-electron chi connectivity index (χ3n) is 3.42. The minimum absolute atomic E-state index is 0.0757. The second kappa shape index (κ2) is 6.33. The molecule has 1 aliphatic heterocycles. The minimum Gasteiger partial charge on any atom is -0.478 e. The highest BCUT2D eigenvalue weighted by atomic mass is 32.2. The van der Waals surface area contributed by atoms with Crippen LogP contribution in [0.15, 0.2) is 17.0 Å². The predicted octanol–water partition coefficient (Wildman–Crippen LogP) is 1.86. The molecule has 1 atom stereocenters. The molecule has 2 rings (SSSR count).